The zero-order valence-corrected chi connectivity index (χ0v) is 10.9. The van der Waals surface area contributed by atoms with Crippen molar-refractivity contribution in [2.24, 2.45) is 0 Å². The van der Waals surface area contributed by atoms with E-state index in [2.05, 4.69) is 10.2 Å². The van der Waals surface area contributed by atoms with Crippen LogP contribution in [0.2, 0.25) is 0 Å². The van der Waals surface area contributed by atoms with E-state index in [1.54, 1.807) is 18.2 Å². The topological polar surface area (TPSA) is 73.2 Å². The van der Waals surface area contributed by atoms with E-state index in [0.29, 0.717) is 30.3 Å². The summed E-state index contributed by atoms with van der Waals surface area (Å²) in [5, 5.41) is 6.57. The number of halogens is 1. The quantitative estimate of drug-likeness (QED) is 0.903. The molecule has 0 aliphatic carbocycles. The van der Waals surface area contributed by atoms with Gasteiger partial charge in [0.05, 0.1) is 18.9 Å². The minimum absolute atomic E-state index is 0.0203. The van der Waals surface area contributed by atoms with Gasteiger partial charge in [-0.15, -0.1) is 0 Å². The molecule has 0 bridgehead atoms. The molecule has 1 aromatic heterocycles. The maximum atomic E-state index is 14.1. The minimum atomic E-state index is -0.387. The van der Waals surface area contributed by atoms with Crippen molar-refractivity contribution < 1.29 is 13.9 Å². The molecule has 1 aliphatic heterocycles. The second kappa shape index (κ2) is 5.50. The number of rotatable bonds is 3. The lowest BCUT2D eigenvalue weighted by molar-refractivity contribution is 0.0240. The van der Waals surface area contributed by atoms with Gasteiger partial charge in [-0.2, -0.15) is 5.10 Å². The fraction of sp³-hybridized carbons (Fsp3) is 0.357. The van der Waals surface area contributed by atoms with Gasteiger partial charge in [-0.3, -0.25) is 5.10 Å². The predicted octanol–water partition coefficient (Wildman–Crippen LogP) is 2.36. The predicted molar refractivity (Wildman–Crippen MR) is 72.9 cm³/mol. The standard InChI is InChI=1S/C14H16FN3O2/c15-11-7-9(12-8-14(16)18-17-12)1-2-13(11)20-10-3-5-19-6-4-10/h1-2,7-8,10H,3-6H2,(H3,16,17,18). The van der Waals surface area contributed by atoms with Crippen molar-refractivity contribution in [3.8, 4) is 17.0 Å². The molecule has 0 amide bonds. The number of nitrogens with one attached hydrogen (secondary N) is 1. The maximum Gasteiger partial charge on any atom is 0.165 e. The van der Waals surface area contributed by atoms with Crippen LogP contribution in [-0.4, -0.2) is 29.5 Å². The first kappa shape index (κ1) is 12.9. The summed E-state index contributed by atoms with van der Waals surface area (Å²) in [6.45, 7) is 1.33. The molecule has 0 unspecified atom stereocenters. The van der Waals surface area contributed by atoms with E-state index < -0.39 is 0 Å². The normalized spacial score (nSPS) is 16.2. The van der Waals surface area contributed by atoms with Crippen molar-refractivity contribution >= 4 is 5.82 Å². The molecule has 1 fully saturated rings. The molecule has 6 heteroatoms. The molecule has 3 N–H and O–H groups in total. The highest BCUT2D eigenvalue weighted by atomic mass is 19.1. The molecule has 1 saturated heterocycles. The molecule has 1 aromatic carbocycles. The van der Waals surface area contributed by atoms with E-state index in [4.69, 9.17) is 15.2 Å². The van der Waals surface area contributed by atoms with E-state index in [-0.39, 0.29) is 17.7 Å². The van der Waals surface area contributed by atoms with Crippen LogP contribution >= 0.6 is 0 Å². The van der Waals surface area contributed by atoms with Crippen molar-refractivity contribution in [2.75, 3.05) is 18.9 Å². The Balaban J connectivity index is 1.76. The SMILES string of the molecule is Nc1cc(-c2ccc(OC3CCOCC3)c(F)c2)[nH]n1. The summed E-state index contributed by atoms with van der Waals surface area (Å²) in [6, 6.07) is 6.50. The van der Waals surface area contributed by atoms with E-state index in [0.717, 1.165) is 12.8 Å². The molecule has 0 radical (unpaired) electrons. The van der Waals surface area contributed by atoms with Gasteiger partial charge in [0.2, 0.25) is 0 Å². The van der Waals surface area contributed by atoms with Crippen molar-refractivity contribution in [2.45, 2.75) is 18.9 Å². The largest absolute Gasteiger partial charge is 0.487 e. The molecule has 106 valence electrons. The molecule has 0 atom stereocenters. The highest BCUT2D eigenvalue weighted by Gasteiger charge is 2.17. The van der Waals surface area contributed by atoms with Gasteiger partial charge in [-0.1, -0.05) is 0 Å². The number of nitrogens with two attached hydrogens (primary N) is 1. The Morgan fingerprint density at radius 2 is 2.10 bits per heavy atom. The van der Waals surface area contributed by atoms with E-state index >= 15 is 0 Å². The maximum absolute atomic E-state index is 14.1. The Morgan fingerprint density at radius 1 is 1.30 bits per heavy atom. The average molecular weight is 277 g/mol. The van der Waals surface area contributed by atoms with E-state index in [1.165, 1.54) is 6.07 Å². The van der Waals surface area contributed by atoms with Gasteiger partial charge in [0.1, 0.15) is 11.9 Å². The molecule has 5 nitrogen and oxygen atoms in total. The van der Waals surface area contributed by atoms with Crippen molar-refractivity contribution in [1.29, 1.82) is 0 Å². The number of hydrogen-bond donors (Lipinski definition) is 2. The van der Waals surface area contributed by atoms with Crippen molar-refractivity contribution in [3.63, 3.8) is 0 Å². The summed E-state index contributed by atoms with van der Waals surface area (Å²) in [7, 11) is 0. The van der Waals surface area contributed by atoms with Gasteiger partial charge in [0, 0.05) is 24.5 Å². The number of aromatic amines is 1. The lowest BCUT2D eigenvalue weighted by Crippen LogP contribution is -2.26. The Labute approximate surface area is 115 Å². The smallest absolute Gasteiger partial charge is 0.165 e. The first-order chi connectivity index (χ1) is 9.72. The Morgan fingerprint density at radius 3 is 2.75 bits per heavy atom. The van der Waals surface area contributed by atoms with Crippen LogP contribution in [0.25, 0.3) is 11.3 Å². The molecular weight excluding hydrogens is 261 g/mol. The first-order valence-electron chi connectivity index (χ1n) is 6.57. The van der Waals surface area contributed by atoms with Crippen LogP contribution < -0.4 is 10.5 Å². The number of benzene rings is 1. The summed E-state index contributed by atoms with van der Waals surface area (Å²) >= 11 is 0. The van der Waals surface area contributed by atoms with Gasteiger partial charge in [0.15, 0.2) is 11.6 Å². The van der Waals surface area contributed by atoms with Gasteiger partial charge in [-0.05, 0) is 18.2 Å². The van der Waals surface area contributed by atoms with Gasteiger partial charge >= 0.3 is 0 Å². The highest BCUT2D eigenvalue weighted by molar-refractivity contribution is 5.62. The Hall–Kier alpha value is -2.08. The summed E-state index contributed by atoms with van der Waals surface area (Å²) in [4.78, 5) is 0. The van der Waals surface area contributed by atoms with Gasteiger partial charge < -0.3 is 15.2 Å². The number of nitrogens with zero attached hydrogens (tertiary/aromatic N) is 1. The monoisotopic (exact) mass is 277 g/mol. The van der Waals surface area contributed by atoms with Crippen LogP contribution in [0.1, 0.15) is 12.8 Å². The zero-order valence-electron chi connectivity index (χ0n) is 10.9. The van der Waals surface area contributed by atoms with Crippen molar-refractivity contribution in [3.05, 3.63) is 30.1 Å². The Bertz CT molecular complexity index is 594. The molecule has 0 spiro atoms. The summed E-state index contributed by atoms with van der Waals surface area (Å²) in [5.41, 5.74) is 6.90. The zero-order chi connectivity index (χ0) is 13.9. The van der Waals surface area contributed by atoms with Crippen molar-refractivity contribution in [1.82, 2.24) is 10.2 Å². The average Bonchev–Trinajstić information content (AvgIpc) is 2.89. The van der Waals surface area contributed by atoms with Crippen LogP contribution in [0.5, 0.6) is 5.75 Å². The summed E-state index contributed by atoms with van der Waals surface area (Å²) in [6.07, 6.45) is 1.60. The molecule has 3 rings (SSSR count). The third kappa shape index (κ3) is 2.75. The van der Waals surface area contributed by atoms with Gasteiger partial charge in [-0.25, -0.2) is 4.39 Å². The number of ether oxygens (including phenoxy) is 2. The second-order valence-corrected chi connectivity index (χ2v) is 4.78. The Kier molecular flexibility index (Phi) is 3.56. The lowest BCUT2D eigenvalue weighted by atomic mass is 10.1. The minimum Gasteiger partial charge on any atom is -0.487 e. The number of aromatic nitrogens is 2. The van der Waals surface area contributed by atoms with Crippen LogP contribution in [0.15, 0.2) is 24.3 Å². The van der Waals surface area contributed by atoms with E-state index in [1.807, 2.05) is 0 Å². The fourth-order valence-electron chi connectivity index (χ4n) is 2.22. The number of anilines is 1. The lowest BCUT2D eigenvalue weighted by Gasteiger charge is -2.23. The highest BCUT2D eigenvalue weighted by Crippen LogP contribution is 2.27. The number of H-pyrrole nitrogens is 1. The van der Waals surface area contributed by atoms with E-state index in [9.17, 15) is 4.39 Å². The van der Waals surface area contributed by atoms with Crippen LogP contribution in [-0.2, 0) is 4.74 Å². The third-order valence-electron chi connectivity index (χ3n) is 3.30. The summed E-state index contributed by atoms with van der Waals surface area (Å²) < 4.78 is 25.0. The fourth-order valence-corrected chi connectivity index (χ4v) is 2.22. The van der Waals surface area contributed by atoms with Crippen LogP contribution in [0, 0.1) is 5.82 Å². The molecule has 20 heavy (non-hydrogen) atoms. The molecular formula is C14H16FN3O2. The van der Waals surface area contributed by atoms with Crippen LogP contribution in [0.3, 0.4) is 0 Å². The third-order valence-corrected chi connectivity index (χ3v) is 3.30. The number of nitrogen functional groups attached to an aromatic ring is 1. The van der Waals surface area contributed by atoms with Crippen LogP contribution in [0.4, 0.5) is 10.2 Å². The molecule has 2 heterocycles. The molecule has 1 aliphatic rings. The first-order valence-corrected chi connectivity index (χ1v) is 6.57. The second-order valence-electron chi connectivity index (χ2n) is 4.78. The number of hydrogen-bond acceptors (Lipinski definition) is 4. The van der Waals surface area contributed by atoms with Gasteiger partial charge in [0.25, 0.3) is 0 Å². The molecule has 2 aromatic rings. The molecule has 0 saturated carbocycles. The summed E-state index contributed by atoms with van der Waals surface area (Å²) in [5.74, 6) is 0.262.